The van der Waals surface area contributed by atoms with Crippen molar-refractivity contribution in [2.45, 2.75) is 69.6 Å². The van der Waals surface area contributed by atoms with Gasteiger partial charge in [-0.25, -0.2) is 0 Å². The standard InChI is InChI=1S/C17H28OS/c1-2-3-4-5-6-7-8-9-10-15-18-16-11-13-17(19)14-12-16/h11-14,19H,2-10,15H2,1H3. The van der Waals surface area contributed by atoms with Gasteiger partial charge in [0.15, 0.2) is 0 Å². The van der Waals surface area contributed by atoms with Crippen molar-refractivity contribution in [1.82, 2.24) is 0 Å². The molecule has 0 heterocycles. The third-order valence-corrected chi connectivity index (χ3v) is 3.65. The maximum atomic E-state index is 5.69. The van der Waals surface area contributed by atoms with Crippen molar-refractivity contribution in [3.8, 4) is 5.75 Å². The Labute approximate surface area is 124 Å². The molecule has 0 spiro atoms. The van der Waals surface area contributed by atoms with Gasteiger partial charge in [0.25, 0.3) is 0 Å². The average molecular weight is 280 g/mol. The lowest BCUT2D eigenvalue weighted by Crippen LogP contribution is -1.97. The highest BCUT2D eigenvalue weighted by Crippen LogP contribution is 2.15. The van der Waals surface area contributed by atoms with Crippen LogP contribution in [-0.2, 0) is 0 Å². The van der Waals surface area contributed by atoms with Crippen molar-refractivity contribution < 1.29 is 4.74 Å². The fraction of sp³-hybridized carbons (Fsp3) is 0.647. The zero-order valence-corrected chi connectivity index (χ0v) is 13.1. The number of hydrogen-bond donors (Lipinski definition) is 1. The molecule has 108 valence electrons. The quantitative estimate of drug-likeness (QED) is 0.393. The van der Waals surface area contributed by atoms with Crippen molar-refractivity contribution in [2.24, 2.45) is 0 Å². The largest absolute Gasteiger partial charge is 0.494 e. The van der Waals surface area contributed by atoms with Crippen LogP contribution in [-0.4, -0.2) is 6.61 Å². The number of hydrogen-bond acceptors (Lipinski definition) is 2. The Balaban J connectivity index is 1.87. The van der Waals surface area contributed by atoms with Gasteiger partial charge in [-0.05, 0) is 30.7 Å². The maximum absolute atomic E-state index is 5.69. The predicted octanol–water partition coefficient (Wildman–Crippen LogP) is 5.88. The van der Waals surface area contributed by atoms with Crippen molar-refractivity contribution in [3.05, 3.63) is 24.3 Å². The Morgan fingerprint density at radius 2 is 1.32 bits per heavy atom. The van der Waals surface area contributed by atoms with Crippen LogP contribution in [0.25, 0.3) is 0 Å². The molecule has 1 aromatic carbocycles. The lowest BCUT2D eigenvalue weighted by Gasteiger charge is -2.06. The summed E-state index contributed by atoms with van der Waals surface area (Å²) in [4.78, 5) is 0.982. The van der Waals surface area contributed by atoms with Crippen LogP contribution in [0.3, 0.4) is 0 Å². The van der Waals surface area contributed by atoms with Crippen molar-refractivity contribution in [1.29, 1.82) is 0 Å². The molecule has 0 fully saturated rings. The molecule has 1 nitrogen and oxygen atoms in total. The van der Waals surface area contributed by atoms with Gasteiger partial charge in [-0.15, -0.1) is 12.6 Å². The smallest absolute Gasteiger partial charge is 0.119 e. The number of ether oxygens (including phenoxy) is 1. The van der Waals surface area contributed by atoms with Gasteiger partial charge in [0.05, 0.1) is 6.61 Å². The van der Waals surface area contributed by atoms with Gasteiger partial charge in [-0.3, -0.25) is 0 Å². The molecule has 2 heteroatoms. The summed E-state index contributed by atoms with van der Waals surface area (Å²) in [5, 5.41) is 0. The number of thiol groups is 1. The van der Waals surface area contributed by atoms with Crippen LogP contribution < -0.4 is 4.74 Å². The highest BCUT2D eigenvalue weighted by molar-refractivity contribution is 7.80. The lowest BCUT2D eigenvalue weighted by molar-refractivity contribution is 0.304. The molecule has 0 radical (unpaired) electrons. The highest BCUT2D eigenvalue weighted by Gasteiger charge is 1.95. The van der Waals surface area contributed by atoms with Crippen LogP contribution in [0.4, 0.5) is 0 Å². The molecular weight excluding hydrogens is 252 g/mol. The average Bonchev–Trinajstić information content (AvgIpc) is 2.43. The van der Waals surface area contributed by atoms with Crippen LogP contribution in [0.5, 0.6) is 5.75 Å². The van der Waals surface area contributed by atoms with Gasteiger partial charge >= 0.3 is 0 Å². The molecule has 0 aliphatic heterocycles. The Morgan fingerprint density at radius 3 is 1.89 bits per heavy atom. The SMILES string of the molecule is CCCCCCCCCCCOc1ccc(S)cc1. The van der Waals surface area contributed by atoms with Crippen molar-refractivity contribution >= 4 is 12.6 Å². The minimum atomic E-state index is 0.835. The van der Waals surface area contributed by atoms with Gasteiger partial charge < -0.3 is 4.74 Å². The van der Waals surface area contributed by atoms with E-state index in [9.17, 15) is 0 Å². The Kier molecular flexibility index (Phi) is 9.70. The van der Waals surface area contributed by atoms with E-state index >= 15 is 0 Å². The molecule has 0 aliphatic carbocycles. The van der Waals surface area contributed by atoms with E-state index in [4.69, 9.17) is 4.74 Å². The normalized spacial score (nSPS) is 10.6. The molecule has 0 bridgehead atoms. The molecule has 0 atom stereocenters. The molecule has 0 amide bonds. The van der Waals surface area contributed by atoms with Crippen molar-refractivity contribution in [2.75, 3.05) is 6.61 Å². The first-order valence-corrected chi connectivity index (χ1v) is 8.19. The third kappa shape index (κ3) is 8.99. The molecule has 0 saturated carbocycles. The molecule has 0 aromatic heterocycles. The molecule has 0 aliphatic rings. The van der Waals surface area contributed by atoms with E-state index in [-0.39, 0.29) is 0 Å². The zero-order valence-electron chi connectivity index (χ0n) is 12.2. The van der Waals surface area contributed by atoms with E-state index in [0.29, 0.717) is 0 Å². The van der Waals surface area contributed by atoms with Gasteiger partial charge in [0, 0.05) is 4.90 Å². The van der Waals surface area contributed by atoms with E-state index in [2.05, 4.69) is 19.6 Å². The van der Waals surface area contributed by atoms with Gasteiger partial charge in [0.2, 0.25) is 0 Å². The summed E-state index contributed by atoms with van der Waals surface area (Å²) in [6.07, 6.45) is 12.2. The van der Waals surface area contributed by atoms with Gasteiger partial charge in [-0.1, -0.05) is 58.3 Å². The summed E-state index contributed by atoms with van der Waals surface area (Å²) < 4.78 is 5.69. The first-order chi connectivity index (χ1) is 9.33. The van der Waals surface area contributed by atoms with E-state index in [0.717, 1.165) is 23.7 Å². The Hall–Kier alpha value is -0.630. The van der Waals surface area contributed by atoms with Crippen molar-refractivity contribution in [3.63, 3.8) is 0 Å². The summed E-state index contributed by atoms with van der Waals surface area (Å²) in [6, 6.07) is 7.90. The zero-order chi connectivity index (χ0) is 13.8. The molecule has 0 saturated heterocycles. The van der Waals surface area contributed by atoms with Crippen LogP contribution in [0.2, 0.25) is 0 Å². The molecule has 1 rings (SSSR count). The fourth-order valence-corrected chi connectivity index (χ4v) is 2.29. The van der Waals surface area contributed by atoms with Gasteiger partial charge in [0.1, 0.15) is 5.75 Å². The molecular formula is C17H28OS. The summed E-state index contributed by atoms with van der Waals surface area (Å²) in [7, 11) is 0. The minimum Gasteiger partial charge on any atom is -0.494 e. The van der Waals surface area contributed by atoms with E-state index in [1.54, 1.807) is 0 Å². The van der Waals surface area contributed by atoms with Crippen LogP contribution >= 0.6 is 12.6 Å². The monoisotopic (exact) mass is 280 g/mol. The molecule has 1 aromatic rings. The fourth-order valence-electron chi connectivity index (χ4n) is 2.15. The molecule has 19 heavy (non-hydrogen) atoms. The summed E-state index contributed by atoms with van der Waals surface area (Å²) >= 11 is 4.25. The van der Waals surface area contributed by atoms with E-state index in [1.807, 2.05) is 24.3 Å². The van der Waals surface area contributed by atoms with E-state index < -0.39 is 0 Å². The predicted molar refractivity (Wildman–Crippen MR) is 86.4 cm³/mol. The minimum absolute atomic E-state index is 0.835. The van der Waals surface area contributed by atoms with Gasteiger partial charge in [-0.2, -0.15) is 0 Å². The Bertz CT molecular complexity index is 308. The highest BCUT2D eigenvalue weighted by atomic mass is 32.1. The maximum Gasteiger partial charge on any atom is 0.119 e. The lowest BCUT2D eigenvalue weighted by atomic mass is 10.1. The first-order valence-electron chi connectivity index (χ1n) is 7.74. The first kappa shape index (κ1) is 16.4. The summed E-state index contributed by atoms with van der Waals surface area (Å²) in [5.41, 5.74) is 0. The summed E-state index contributed by atoms with van der Waals surface area (Å²) in [6.45, 7) is 3.10. The second-order valence-electron chi connectivity index (χ2n) is 5.17. The number of benzene rings is 1. The van der Waals surface area contributed by atoms with Crippen LogP contribution in [0.1, 0.15) is 64.7 Å². The second kappa shape index (κ2) is 11.2. The number of rotatable bonds is 11. The van der Waals surface area contributed by atoms with E-state index in [1.165, 1.54) is 51.4 Å². The Morgan fingerprint density at radius 1 is 0.789 bits per heavy atom. The second-order valence-corrected chi connectivity index (χ2v) is 5.69. The van der Waals surface area contributed by atoms with Crippen LogP contribution in [0.15, 0.2) is 29.2 Å². The molecule has 0 N–H and O–H groups in total. The summed E-state index contributed by atoms with van der Waals surface area (Å²) in [5.74, 6) is 0.956. The number of unbranched alkanes of at least 4 members (excludes halogenated alkanes) is 8. The molecule has 0 unspecified atom stereocenters. The van der Waals surface area contributed by atoms with Crippen LogP contribution in [0, 0.1) is 0 Å². The third-order valence-electron chi connectivity index (χ3n) is 3.35. The topological polar surface area (TPSA) is 9.23 Å².